The van der Waals surface area contributed by atoms with Gasteiger partial charge in [0.15, 0.2) is 6.04 Å². The fourth-order valence-corrected chi connectivity index (χ4v) is 1.91. The Morgan fingerprint density at radius 3 is 2.13 bits per heavy atom. The topological polar surface area (TPSA) is 146 Å². The number of nitrogens with two attached hydrogens (primary N) is 2. The van der Waals surface area contributed by atoms with Gasteiger partial charge in [0.2, 0.25) is 11.8 Å². The van der Waals surface area contributed by atoms with Crippen LogP contribution in [0.15, 0.2) is 18.2 Å². The van der Waals surface area contributed by atoms with Crippen molar-refractivity contribution in [2.45, 2.75) is 19.0 Å². The van der Waals surface area contributed by atoms with Crippen molar-refractivity contribution in [2.24, 2.45) is 11.5 Å². The second-order valence-corrected chi connectivity index (χ2v) is 4.69. The van der Waals surface area contributed by atoms with Crippen LogP contribution in [0.4, 0.5) is 4.79 Å². The standard InChI is InChI=1S/C14H20N4O5/c1-7(9-6-8(22-2)4-5-10(9)23-3)17-14(21)18-11(12(15)19)13(16)20/h4-7,11H,1-3H3,(H2,15,19)(H2,16,20)(H2,17,18,21)/t7-/m0/s1. The highest BCUT2D eigenvalue weighted by Crippen LogP contribution is 2.29. The molecule has 0 spiro atoms. The number of rotatable bonds is 7. The molecule has 0 unspecified atom stereocenters. The first-order valence-electron chi connectivity index (χ1n) is 6.67. The van der Waals surface area contributed by atoms with E-state index >= 15 is 0 Å². The molecular formula is C14H20N4O5. The Hall–Kier alpha value is -2.97. The van der Waals surface area contributed by atoms with Crippen LogP contribution in [-0.4, -0.2) is 38.1 Å². The number of ether oxygens (including phenoxy) is 2. The minimum absolute atomic E-state index is 0.499. The fraction of sp³-hybridized carbons (Fsp3) is 0.357. The van der Waals surface area contributed by atoms with Gasteiger partial charge in [0.05, 0.1) is 20.3 Å². The van der Waals surface area contributed by atoms with Crippen molar-refractivity contribution >= 4 is 17.8 Å². The van der Waals surface area contributed by atoms with Crippen LogP contribution in [0.1, 0.15) is 18.5 Å². The van der Waals surface area contributed by atoms with Crippen LogP contribution in [0, 0.1) is 0 Å². The second-order valence-electron chi connectivity index (χ2n) is 4.69. The Bertz CT molecular complexity index is 591. The lowest BCUT2D eigenvalue weighted by Crippen LogP contribution is -2.55. The van der Waals surface area contributed by atoms with Crippen LogP contribution in [0.3, 0.4) is 0 Å². The number of hydrogen-bond donors (Lipinski definition) is 4. The van der Waals surface area contributed by atoms with Crippen molar-refractivity contribution in [1.82, 2.24) is 10.6 Å². The van der Waals surface area contributed by atoms with E-state index < -0.39 is 29.9 Å². The number of methoxy groups -OCH3 is 2. The molecule has 0 saturated heterocycles. The molecule has 1 rings (SSSR count). The summed E-state index contributed by atoms with van der Waals surface area (Å²) in [5.74, 6) is -0.958. The molecule has 0 aliphatic carbocycles. The van der Waals surface area contributed by atoms with Crippen LogP contribution in [0.2, 0.25) is 0 Å². The maximum atomic E-state index is 11.9. The largest absolute Gasteiger partial charge is 0.497 e. The van der Waals surface area contributed by atoms with Gasteiger partial charge >= 0.3 is 6.03 Å². The molecule has 1 aromatic rings. The molecule has 126 valence electrons. The first-order chi connectivity index (χ1) is 10.8. The number of carbonyl (C=O) groups is 3. The summed E-state index contributed by atoms with van der Waals surface area (Å²) in [6, 6.07) is 2.25. The summed E-state index contributed by atoms with van der Waals surface area (Å²) in [5.41, 5.74) is 10.6. The lowest BCUT2D eigenvalue weighted by molar-refractivity contribution is -0.128. The lowest BCUT2D eigenvalue weighted by Gasteiger charge is -2.20. The Morgan fingerprint density at radius 2 is 1.65 bits per heavy atom. The van der Waals surface area contributed by atoms with Crippen molar-refractivity contribution in [3.05, 3.63) is 23.8 Å². The lowest BCUT2D eigenvalue weighted by atomic mass is 10.1. The van der Waals surface area contributed by atoms with Gasteiger partial charge in [0, 0.05) is 5.56 Å². The van der Waals surface area contributed by atoms with Crippen LogP contribution in [0.25, 0.3) is 0 Å². The minimum atomic E-state index is -1.59. The third-order valence-corrected chi connectivity index (χ3v) is 3.10. The molecule has 0 aromatic heterocycles. The van der Waals surface area contributed by atoms with E-state index in [1.165, 1.54) is 14.2 Å². The molecular weight excluding hydrogens is 304 g/mol. The number of urea groups is 1. The predicted octanol–water partition coefficient (Wildman–Crippen LogP) is -0.597. The highest BCUT2D eigenvalue weighted by atomic mass is 16.5. The number of nitrogens with one attached hydrogen (secondary N) is 2. The summed E-state index contributed by atoms with van der Waals surface area (Å²) >= 11 is 0. The third kappa shape index (κ3) is 4.77. The monoisotopic (exact) mass is 324 g/mol. The molecule has 0 fully saturated rings. The van der Waals surface area contributed by atoms with E-state index in [2.05, 4.69) is 10.6 Å². The minimum Gasteiger partial charge on any atom is -0.497 e. The van der Waals surface area contributed by atoms with E-state index in [9.17, 15) is 14.4 Å². The Balaban J connectivity index is 2.86. The molecule has 0 aliphatic rings. The van der Waals surface area contributed by atoms with Gasteiger partial charge in [0.25, 0.3) is 0 Å². The predicted molar refractivity (Wildman–Crippen MR) is 81.8 cm³/mol. The highest BCUT2D eigenvalue weighted by Gasteiger charge is 2.25. The van der Waals surface area contributed by atoms with E-state index in [-0.39, 0.29) is 0 Å². The van der Waals surface area contributed by atoms with Crippen LogP contribution < -0.4 is 31.6 Å². The first kappa shape index (κ1) is 18.1. The van der Waals surface area contributed by atoms with Gasteiger partial charge in [-0.2, -0.15) is 0 Å². The normalized spacial score (nSPS) is 11.5. The molecule has 0 bridgehead atoms. The zero-order chi connectivity index (χ0) is 17.6. The van der Waals surface area contributed by atoms with Crippen molar-refractivity contribution in [1.29, 1.82) is 0 Å². The Kier molecular flexibility index (Phi) is 6.19. The summed E-state index contributed by atoms with van der Waals surface area (Å²) in [6.07, 6.45) is 0. The number of benzene rings is 1. The number of carbonyl (C=O) groups excluding carboxylic acids is 3. The summed E-state index contributed by atoms with van der Waals surface area (Å²) in [7, 11) is 3.01. The summed E-state index contributed by atoms with van der Waals surface area (Å²) < 4.78 is 10.4. The van der Waals surface area contributed by atoms with Gasteiger partial charge in [0.1, 0.15) is 11.5 Å². The van der Waals surface area contributed by atoms with Crippen LogP contribution >= 0.6 is 0 Å². The quantitative estimate of drug-likeness (QED) is 0.495. The van der Waals surface area contributed by atoms with Crippen molar-refractivity contribution < 1.29 is 23.9 Å². The molecule has 1 aromatic carbocycles. The number of amides is 4. The Labute approximate surface area is 133 Å². The number of hydrogen-bond acceptors (Lipinski definition) is 5. The summed E-state index contributed by atoms with van der Waals surface area (Å²) in [5, 5.41) is 4.67. The van der Waals surface area contributed by atoms with Crippen molar-refractivity contribution in [3.8, 4) is 11.5 Å². The van der Waals surface area contributed by atoms with Gasteiger partial charge in [-0.05, 0) is 25.1 Å². The zero-order valence-corrected chi connectivity index (χ0v) is 13.1. The van der Waals surface area contributed by atoms with Crippen LogP contribution in [0.5, 0.6) is 11.5 Å². The average molecular weight is 324 g/mol. The summed E-state index contributed by atoms with van der Waals surface area (Å²) in [4.78, 5) is 34.0. The SMILES string of the molecule is COc1ccc(OC)c([C@H](C)NC(=O)NC(C(N)=O)C(N)=O)c1. The summed E-state index contributed by atoms with van der Waals surface area (Å²) in [6.45, 7) is 1.69. The second kappa shape index (κ2) is 7.87. The van der Waals surface area contributed by atoms with Gasteiger partial charge in [-0.25, -0.2) is 4.79 Å². The molecule has 0 saturated carbocycles. The van der Waals surface area contributed by atoms with Crippen molar-refractivity contribution in [2.75, 3.05) is 14.2 Å². The van der Waals surface area contributed by atoms with Gasteiger partial charge < -0.3 is 31.6 Å². The molecule has 0 aliphatic heterocycles. The van der Waals surface area contributed by atoms with Crippen LogP contribution in [-0.2, 0) is 9.59 Å². The maximum absolute atomic E-state index is 11.9. The van der Waals surface area contributed by atoms with E-state index in [1.54, 1.807) is 25.1 Å². The van der Waals surface area contributed by atoms with Gasteiger partial charge in [-0.1, -0.05) is 0 Å². The molecule has 0 heterocycles. The van der Waals surface area contributed by atoms with Gasteiger partial charge in [-0.3, -0.25) is 9.59 Å². The zero-order valence-electron chi connectivity index (χ0n) is 13.1. The molecule has 4 amide bonds. The van der Waals surface area contributed by atoms with E-state index in [0.29, 0.717) is 17.1 Å². The Morgan fingerprint density at radius 1 is 1.04 bits per heavy atom. The molecule has 6 N–H and O–H groups in total. The first-order valence-corrected chi connectivity index (χ1v) is 6.67. The average Bonchev–Trinajstić information content (AvgIpc) is 2.51. The molecule has 1 atom stereocenters. The van der Waals surface area contributed by atoms with Gasteiger partial charge in [-0.15, -0.1) is 0 Å². The maximum Gasteiger partial charge on any atom is 0.316 e. The third-order valence-electron chi connectivity index (χ3n) is 3.10. The smallest absolute Gasteiger partial charge is 0.316 e. The molecule has 9 heteroatoms. The fourth-order valence-electron chi connectivity index (χ4n) is 1.91. The van der Waals surface area contributed by atoms with E-state index in [1.807, 2.05) is 0 Å². The highest BCUT2D eigenvalue weighted by molar-refractivity contribution is 6.05. The van der Waals surface area contributed by atoms with Crippen molar-refractivity contribution in [3.63, 3.8) is 0 Å². The number of primary amides is 2. The molecule has 9 nitrogen and oxygen atoms in total. The van der Waals surface area contributed by atoms with E-state index in [0.717, 1.165) is 0 Å². The molecule has 0 radical (unpaired) electrons. The van der Waals surface area contributed by atoms with E-state index in [4.69, 9.17) is 20.9 Å². The molecule has 23 heavy (non-hydrogen) atoms.